The summed E-state index contributed by atoms with van der Waals surface area (Å²) in [6.45, 7) is 5.83. The van der Waals surface area contributed by atoms with E-state index in [0.717, 1.165) is 0 Å². The van der Waals surface area contributed by atoms with Crippen molar-refractivity contribution in [1.29, 1.82) is 0 Å². The van der Waals surface area contributed by atoms with Gasteiger partial charge in [-0.3, -0.25) is 0 Å². The molecule has 5 heteroatoms. The van der Waals surface area contributed by atoms with Crippen LogP contribution in [0.1, 0.15) is 26.3 Å². The van der Waals surface area contributed by atoms with E-state index in [0.29, 0.717) is 10.6 Å². The summed E-state index contributed by atoms with van der Waals surface area (Å²) in [7, 11) is 0. The fourth-order valence-electron chi connectivity index (χ4n) is 2.05. The molecule has 1 heterocycles. The Hall–Kier alpha value is -1.26. The molecule has 0 atom stereocenters. The van der Waals surface area contributed by atoms with Gasteiger partial charge in [-0.25, -0.2) is 4.79 Å². The van der Waals surface area contributed by atoms with Crippen molar-refractivity contribution >= 4 is 17.7 Å². The maximum absolute atomic E-state index is 11.8. The maximum Gasteiger partial charge on any atom is 0.410 e. The number of rotatable bonds is 1. The zero-order valence-electron chi connectivity index (χ0n) is 11.3. The van der Waals surface area contributed by atoms with Crippen LogP contribution in [0.2, 0.25) is 5.02 Å². The van der Waals surface area contributed by atoms with E-state index in [-0.39, 0.29) is 13.1 Å². The molecule has 1 aromatic carbocycles. The molecule has 0 unspecified atom stereocenters. The van der Waals surface area contributed by atoms with Crippen molar-refractivity contribution in [2.24, 2.45) is 0 Å². The molecule has 4 nitrogen and oxygen atoms in total. The number of likely N-dealkylation sites (tertiary alicyclic amines) is 1. The Bertz CT molecular complexity index is 490. The fourth-order valence-corrected chi connectivity index (χ4v) is 2.36. The van der Waals surface area contributed by atoms with Crippen molar-refractivity contribution in [3.8, 4) is 0 Å². The summed E-state index contributed by atoms with van der Waals surface area (Å²) >= 11 is 6.06. The van der Waals surface area contributed by atoms with E-state index in [4.69, 9.17) is 16.3 Å². The van der Waals surface area contributed by atoms with E-state index in [2.05, 4.69) is 0 Å². The summed E-state index contributed by atoms with van der Waals surface area (Å²) in [5.41, 5.74) is -0.957. The first-order valence-electron chi connectivity index (χ1n) is 6.17. The summed E-state index contributed by atoms with van der Waals surface area (Å²) in [5.74, 6) is 0. The highest BCUT2D eigenvalue weighted by Crippen LogP contribution is 2.36. The highest BCUT2D eigenvalue weighted by atomic mass is 35.5. The van der Waals surface area contributed by atoms with E-state index in [9.17, 15) is 9.90 Å². The number of β-amino-alcohol motifs (C(OH)–C–C–N with tert-alkyl or cyclic N) is 1. The van der Waals surface area contributed by atoms with Crippen molar-refractivity contribution in [1.82, 2.24) is 4.90 Å². The lowest BCUT2D eigenvalue weighted by Gasteiger charge is -2.46. The molecule has 1 aliphatic heterocycles. The van der Waals surface area contributed by atoms with E-state index >= 15 is 0 Å². The highest BCUT2D eigenvalue weighted by Gasteiger charge is 2.47. The monoisotopic (exact) mass is 283 g/mol. The van der Waals surface area contributed by atoms with Crippen molar-refractivity contribution in [3.63, 3.8) is 0 Å². The molecule has 1 saturated heterocycles. The third-order valence-corrected chi connectivity index (χ3v) is 3.26. The van der Waals surface area contributed by atoms with Crippen molar-refractivity contribution in [2.45, 2.75) is 32.0 Å². The maximum atomic E-state index is 11.8. The number of aliphatic hydroxyl groups is 1. The molecule has 0 radical (unpaired) electrons. The third kappa shape index (κ3) is 3.01. The average Bonchev–Trinajstić information content (AvgIpc) is 2.23. The number of hydrogen-bond donors (Lipinski definition) is 1. The number of carbonyl (C=O) groups is 1. The number of hydrogen-bond acceptors (Lipinski definition) is 3. The van der Waals surface area contributed by atoms with Crippen LogP contribution in [0.25, 0.3) is 0 Å². The molecule has 1 aliphatic rings. The smallest absolute Gasteiger partial charge is 0.410 e. The van der Waals surface area contributed by atoms with Gasteiger partial charge in [-0.05, 0) is 26.8 Å². The third-order valence-electron chi connectivity index (χ3n) is 2.93. The zero-order chi connectivity index (χ0) is 14.3. The first-order valence-corrected chi connectivity index (χ1v) is 6.54. The largest absolute Gasteiger partial charge is 0.444 e. The molecule has 0 aliphatic carbocycles. The molecule has 0 spiro atoms. The van der Waals surface area contributed by atoms with Gasteiger partial charge in [-0.2, -0.15) is 0 Å². The topological polar surface area (TPSA) is 49.8 Å². The van der Waals surface area contributed by atoms with Crippen molar-refractivity contribution in [2.75, 3.05) is 13.1 Å². The van der Waals surface area contributed by atoms with Gasteiger partial charge in [0, 0.05) is 10.6 Å². The minimum absolute atomic E-state index is 0.200. The molecule has 1 N–H and O–H groups in total. The molecular formula is C14H18ClNO3. The molecule has 0 bridgehead atoms. The van der Waals surface area contributed by atoms with Gasteiger partial charge in [0.05, 0.1) is 13.1 Å². The van der Waals surface area contributed by atoms with Gasteiger partial charge in [0.1, 0.15) is 11.2 Å². The SMILES string of the molecule is CC(C)(C)OC(=O)N1CC(O)(c2ccccc2Cl)C1. The summed E-state index contributed by atoms with van der Waals surface area (Å²) in [5, 5.41) is 11.0. The Morgan fingerprint density at radius 2 is 1.95 bits per heavy atom. The first-order chi connectivity index (χ1) is 8.71. The Balaban J connectivity index is 2.02. The van der Waals surface area contributed by atoms with Gasteiger partial charge in [0.25, 0.3) is 0 Å². The van der Waals surface area contributed by atoms with E-state index < -0.39 is 17.3 Å². The lowest BCUT2D eigenvalue weighted by molar-refractivity contribution is -0.103. The van der Waals surface area contributed by atoms with Gasteiger partial charge < -0.3 is 14.7 Å². The van der Waals surface area contributed by atoms with Gasteiger partial charge in [0.15, 0.2) is 0 Å². The summed E-state index contributed by atoms with van der Waals surface area (Å²) in [4.78, 5) is 13.3. The van der Waals surface area contributed by atoms with Crippen LogP contribution < -0.4 is 0 Å². The number of nitrogens with zero attached hydrogens (tertiary/aromatic N) is 1. The fraction of sp³-hybridized carbons (Fsp3) is 0.500. The van der Waals surface area contributed by atoms with E-state index in [1.807, 2.05) is 26.8 Å². The molecule has 19 heavy (non-hydrogen) atoms. The predicted octanol–water partition coefficient (Wildman–Crippen LogP) is 2.78. The van der Waals surface area contributed by atoms with Gasteiger partial charge in [-0.1, -0.05) is 29.8 Å². The van der Waals surface area contributed by atoms with Crippen LogP contribution in [0.3, 0.4) is 0 Å². The quantitative estimate of drug-likeness (QED) is 0.862. The van der Waals surface area contributed by atoms with E-state index in [1.54, 1.807) is 18.2 Å². The molecular weight excluding hydrogens is 266 g/mol. The molecule has 0 aromatic heterocycles. The Morgan fingerprint density at radius 1 is 1.37 bits per heavy atom. The van der Waals surface area contributed by atoms with Crippen LogP contribution >= 0.6 is 11.6 Å². The molecule has 1 fully saturated rings. The van der Waals surface area contributed by atoms with Crippen LogP contribution in [-0.2, 0) is 10.3 Å². The lowest BCUT2D eigenvalue weighted by atomic mass is 9.86. The average molecular weight is 284 g/mol. The van der Waals surface area contributed by atoms with Crippen LogP contribution in [0.15, 0.2) is 24.3 Å². The predicted molar refractivity (Wildman–Crippen MR) is 73.2 cm³/mol. The van der Waals surface area contributed by atoms with Crippen LogP contribution in [0.5, 0.6) is 0 Å². The molecule has 0 saturated carbocycles. The standard InChI is InChI=1S/C14H18ClNO3/c1-13(2,3)19-12(17)16-8-14(18,9-16)10-6-4-5-7-11(10)15/h4-7,18H,8-9H2,1-3H3. The zero-order valence-corrected chi connectivity index (χ0v) is 12.1. The van der Waals surface area contributed by atoms with Crippen LogP contribution in [0, 0.1) is 0 Å². The minimum Gasteiger partial charge on any atom is -0.444 e. The van der Waals surface area contributed by atoms with Crippen molar-refractivity contribution < 1.29 is 14.6 Å². The van der Waals surface area contributed by atoms with E-state index in [1.165, 1.54) is 4.90 Å². The van der Waals surface area contributed by atoms with Crippen LogP contribution in [-0.4, -0.2) is 34.8 Å². The normalized spacial score (nSPS) is 17.8. The summed E-state index contributed by atoms with van der Waals surface area (Å²) in [6, 6.07) is 7.12. The molecule has 1 amide bonds. The Morgan fingerprint density at radius 3 is 2.47 bits per heavy atom. The van der Waals surface area contributed by atoms with Gasteiger partial charge in [0.2, 0.25) is 0 Å². The molecule has 2 rings (SSSR count). The number of halogens is 1. The minimum atomic E-state index is -1.07. The second-order valence-electron chi connectivity index (χ2n) is 5.85. The van der Waals surface area contributed by atoms with Gasteiger partial charge in [-0.15, -0.1) is 0 Å². The lowest BCUT2D eigenvalue weighted by Crippen LogP contribution is -2.62. The first kappa shape index (κ1) is 14.2. The second-order valence-corrected chi connectivity index (χ2v) is 6.26. The molecule has 104 valence electrons. The molecule has 1 aromatic rings. The highest BCUT2D eigenvalue weighted by molar-refractivity contribution is 6.31. The van der Waals surface area contributed by atoms with Crippen molar-refractivity contribution in [3.05, 3.63) is 34.9 Å². The Kier molecular flexibility index (Phi) is 3.49. The number of ether oxygens (including phenoxy) is 1. The van der Waals surface area contributed by atoms with Gasteiger partial charge >= 0.3 is 6.09 Å². The Labute approximate surface area is 117 Å². The number of benzene rings is 1. The summed E-state index contributed by atoms with van der Waals surface area (Å²) < 4.78 is 5.24. The van der Waals surface area contributed by atoms with Crippen LogP contribution in [0.4, 0.5) is 4.79 Å². The number of amides is 1. The number of carbonyl (C=O) groups excluding carboxylic acids is 1. The second kappa shape index (κ2) is 4.69. The summed E-state index contributed by atoms with van der Waals surface area (Å²) in [6.07, 6.45) is -0.413.